The summed E-state index contributed by atoms with van der Waals surface area (Å²) in [4.78, 5) is 25.9. The lowest BCUT2D eigenvalue weighted by atomic mass is 9.94. The van der Waals surface area contributed by atoms with Gasteiger partial charge in [0.15, 0.2) is 0 Å². The van der Waals surface area contributed by atoms with E-state index in [4.69, 9.17) is 0 Å². The van der Waals surface area contributed by atoms with Crippen LogP contribution in [0.4, 0.5) is 0 Å². The fraction of sp³-hybridized carbons (Fsp3) is 0.529. The molecule has 1 fully saturated rings. The Morgan fingerprint density at radius 2 is 1.81 bits per heavy atom. The summed E-state index contributed by atoms with van der Waals surface area (Å²) in [5, 5.41) is 2.80. The Kier molecular flexibility index (Phi) is 5.78. The van der Waals surface area contributed by atoms with Gasteiger partial charge in [-0.1, -0.05) is 37.5 Å². The molecule has 4 heteroatoms. The van der Waals surface area contributed by atoms with Gasteiger partial charge in [0.1, 0.15) is 0 Å². The molecule has 2 rings (SSSR count). The predicted octanol–water partition coefficient (Wildman–Crippen LogP) is 2.60. The van der Waals surface area contributed by atoms with Crippen molar-refractivity contribution in [3.05, 3.63) is 35.9 Å². The SMILES string of the molecule is CN(C(=O)CCNC(=O)c1ccccc1)C1CCCCC1. The molecule has 0 unspecified atom stereocenters. The highest BCUT2D eigenvalue weighted by atomic mass is 16.2. The van der Waals surface area contributed by atoms with Gasteiger partial charge in [-0.15, -0.1) is 0 Å². The summed E-state index contributed by atoms with van der Waals surface area (Å²) >= 11 is 0. The molecule has 1 aromatic carbocycles. The molecule has 0 aromatic heterocycles. The van der Waals surface area contributed by atoms with Gasteiger partial charge in [0, 0.05) is 31.6 Å². The van der Waals surface area contributed by atoms with E-state index in [1.165, 1.54) is 19.3 Å². The fourth-order valence-corrected chi connectivity index (χ4v) is 2.82. The van der Waals surface area contributed by atoms with Crippen molar-refractivity contribution in [1.29, 1.82) is 0 Å². The lowest BCUT2D eigenvalue weighted by molar-refractivity contribution is -0.132. The van der Waals surface area contributed by atoms with Gasteiger partial charge in [-0.2, -0.15) is 0 Å². The van der Waals surface area contributed by atoms with Crippen molar-refractivity contribution in [3.63, 3.8) is 0 Å². The van der Waals surface area contributed by atoms with Crippen LogP contribution in [0, 0.1) is 0 Å². The van der Waals surface area contributed by atoms with Crippen LogP contribution in [-0.4, -0.2) is 36.3 Å². The van der Waals surface area contributed by atoms with Gasteiger partial charge < -0.3 is 10.2 Å². The van der Waals surface area contributed by atoms with Crippen LogP contribution in [0.25, 0.3) is 0 Å². The van der Waals surface area contributed by atoms with Gasteiger partial charge in [0.05, 0.1) is 0 Å². The number of carbonyl (C=O) groups is 2. The first-order valence-electron chi connectivity index (χ1n) is 7.77. The maximum atomic E-state index is 12.1. The molecule has 1 saturated carbocycles. The predicted molar refractivity (Wildman–Crippen MR) is 83.0 cm³/mol. The molecule has 1 N–H and O–H groups in total. The Bertz CT molecular complexity index is 467. The molecule has 0 saturated heterocycles. The third-order valence-electron chi connectivity index (χ3n) is 4.18. The van der Waals surface area contributed by atoms with Crippen LogP contribution in [0.1, 0.15) is 48.9 Å². The van der Waals surface area contributed by atoms with Crippen LogP contribution in [0.15, 0.2) is 30.3 Å². The minimum absolute atomic E-state index is 0.121. The van der Waals surface area contributed by atoms with Crippen LogP contribution in [0.5, 0.6) is 0 Å². The Labute approximate surface area is 126 Å². The minimum Gasteiger partial charge on any atom is -0.352 e. The van der Waals surface area contributed by atoms with E-state index in [0.29, 0.717) is 24.6 Å². The molecular formula is C17H24N2O2. The van der Waals surface area contributed by atoms with Crippen LogP contribution in [0.2, 0.25) is 0 Å². The maximum absolute atomic E-state index is 12.1. The number of carbonyl (C=O) groups excluding carboxylic acids is 2. The molecule has 0 aliphatic heterocycles. The van der Waals surface area contributed by atoms with E-state index in [1.54, 1.807) is 12.1 Å². The molecule has 4 nitrogen and oxygen atoms in total. The zero-order valence-electron chi connectivity index (χ0n) is 12.7. The third-order valence-corrected chi connectivity index (χ3v) is 4.18. The first-order chi connectivity index (χ1) is 10.2. The Balaban J connectivity index is 1.72. The zero-order valence-corrected chi connectivity index (χ0v) is 12.7. The first kappa shape index (κ1) is 15.5. The van der Waals surface area contributed by atoms with Crippen molar-refractivity contribution in [1.82, 2.24) is 10.2 Å². The van der Waals surface area contributed by atoms with Crippen LogP contribution in [-0.2, 0) is 4.79 Å². The summed E-state index contributed by atoms with van der Waals surface area (Å²) in [5.41, 5.74) is 0.630. The molecule has 114 valence electrons. The smallest absolute Gasteiger partial charge is 0.251 e. The number of amides is 2. The summed E-state index contributed by atoms with van der Waals surface area (Å²) in [7, 11) is 1.89. The van der Waals surface area contributed by atoms with Crippen molar-refractivity contribution >= 4 is 11.8 Å². The van der Waals surface area contributed by atoms with E-state index in [0.717, 1.165) is 12.8 Å². The molecule has 0 atom stereocenters. The molecule has 0 spiro atoms. The molecule has 0 radical (unpaired) electrons. The lowest BCUT2D eigenvalue weighted by Crippen LogP contribution is -2.39. The third kappa shape index (κ3) is 4.59. The largest absolute Gasteiger partial charge is 0.352 e. The van der Waals surface area contributed by atoms with Gasteiger partial charge >= 0.3 is 0 Å². The number of nitrogens with zero attached hydrogens (tertiary/aromatic N) is 1. The maximum Gasteiger partial charge on any atom is 0.251 e. The standard InChI is InChI=1S/C17H24N2O2/c1-19(15-10-6-3-7-11-15)16(20)12-13-18-17(21)14-8-4-2-5-9-14/h2,4-5,8-9,15H,3,6-7,10-13H2,1H3,(H,18,21). The second-order valence-electron chi connectivity index (χ2n) is 5.67. The van der Waals surface area contributed by atoms with Crippen LogP contribution >= 0.6 is 0 Å². The van der Waals surface area contributed by atoms with Gasteiger partial charge in [0.25, 0.3) is 5.91 Å². The number of hydrogen-bond donors (Lipinski definition) is 1. The number of nitrogens with one attached hydrogen (secondary N) is 1. The van der Waals surface area contributed by atoms with Gasteiger partial charge in [0.2, 0.25) is 5.91 Å². The van der Waals surface area contributed by atoms with Crippen molar-refractivity contribution in [2.24, 2.45) is 0 Å². The van der Waals surface area contributed by atoms with Gasteiger partial charge in [-0.25, -0.2) is 0 Å². The van der Waals surface area contributed by atoms with E-state index in [9.17, 15) is 9.59 Å². The molecule has 21 heavy (non-hydrogen) atoms. The highest BCUT2D eigenvalue weighted by molar-refractivity contribution is 5.94. The van der Waals surface area contributed by atoms with Crippen molar-refractivity contribution in [2.75, 3.05) is 13.6 Å². The zero-order chi connectivity index (χ0) is 15.1. The number of hydrogen-bond acceptors (Lipinski definition) is 2. The molecule has 2 amide bonds. The normalized spacial score (nSPS) is 15.5. The van der Waals surface area contributed by atoms with Crippen molar-refractivity contribution in [3.8, 4) is 0 Å². The first-order valence-corrected chi connectivity index (χ1v) is 7.77. The quantitative estimate of drug-likeness (QED) is 0.905. The van der Waals surface area contributed by atoms with Gasteiger partial charge in [-0.3, -0.25) is 9.59 Å². The van der Waals surface area contributed by atoms with Crippen LogP contribution < -0.4 is 5.32 Å². The number of rotatable bonds is 5. The van der Waals surface area contributed by atoms with E-state index in [2.05, 4.69) is 5.32 Å². The second-order valence-corrected chi connectivity index (χ2v) is 5.67. The van der Waals surface area contributed by atoms with Crippen molar-refractivity contribution < 1.29 is 9.59 Å². The van der Waals surface area contributed by atoms with Crippen LogP contribution in [0.3, 0.4) is 0 Å². The average Bonchev–Trinajstić information content (AvgIpc) is 2.55. The van der Waals surface area contributed by atoms with E-state index >= 15 is 0 Å². The van der Waals surface area contributed by atoms with Gasteiger partial charge in [-0.05, 0) is 25.0 Å². The summed E-state index contributed by atoms with van der Waals surface area (Å²) < 4.78 is 0. The summed E-state index contributed by atoms with van der Waals surface area (Å²) in [6.07, 6.45) is 6.30. The summed E-state index contributed by atoms with van der Waals surface area (Å²) in [5.74, 6) is -0.000943. The summed E-state index contributed by atoms with van der Waals surface area (Å²) in [6.45, 7) is 0.392. The topological polar surface area (TPSA) is 49.4 Å². The highest BCUT2D eigenvalue weighted by Gasteiger charge is 2.21. The van der Waals surface area contributed by atoms with Crippen molar-refractivity contribution in [2.45, 2.75) is 44.6 Å². The molecule has 1 aliphatic rings. The monoisotopic (exact) mass is 288 g/mol. The average molecular weight is 288 g/mol. The molecule has 1 aliphatic carbocycles. The van der Waals surface area contributed by atoms with E-state index in [1.807, 2.05) is 30.1 Å². The molecule has 1 aromatic rings. The Morgan fingerprint density at radius 1 is 1.14 bits per heavy atom. The van der Waals surface area contributed by atoms with E-state index < -0.39 is 0 Å². The highest BCUT2D eigenvalue weighted by Crippen LogP contribution is 2.21. The number of benzene rings is 1. The molecule has 0 heterocycles. The summed E-state index contributed by atoms with van der Waals surface area (Å²) in [6, 6.07) is 9.46. The minimum atomic E-state index is -0.122. The molecule has 0 bridgehead atoms. The second kappa shape index (κ2) is 7.81. The fourth-order valence-electron chi connectivity index (χ4n) is 2.82. The molecular weight excluding hydrogens is 264 g/mol. The Morgan fingerprint density at radius 3 is 2.48 bits per heavy atom. The Hall–Kier alpha value is -1.84. The van der Waals surface area contributed by atoms with E-state index in [-0.39, 0.29) is 11.8 Å². The lowest BCUT2D eigenvalue weighted by Gasteiger charge is -2.31.